The zero-order valence-electron chi connectivity index (χ0n) is 17.9. The Morgan fingerprint density at radius 1 is 1.11 bits per heavy atom. The summed E-state index contributed by atoms with van der Waals surface area (Å²) in [6.45, 7) is 1.89. The number of benzene rings is 2. The van der Waals surface area contributed by atoms with Gasteiger partial charge in [0.05, 0.1) is 16.0 Å². The molecule has 2 aromatic carbocycles. The second-order valence-corrected chi connectivity index (χ2v) is 7.41. The Hall–Kier alpha value is -5.33. The van der Waals surface area contributed by atoms with Crippen molar-refractivity contribution in [2.75, 3.05) is 10.6 Å². The van der Waals surface area contributed by atoms with Gasteiger partial charge in [0.15, 0.2) is 0 Å². The van der Waals surface area contributed by atoms with Crippen LogP contribution in [0.15, 0.2) is 64.4 Å². The number of pyridine rings is 1. The molecule has 4 N–H and O–H groups in total. The summed E-state index contributed by atoms with van der Waals surface area (Å²) in [7, 11) is 0. The smallest absolute Gasteiger partial charge is 0.360 e. The number of aromatic amines is 1. The van der Waals surface area contributed by atoms with Crippen molar-refractivity contribution in [2.45, 2.75) is 6.92 Å². The van der Waals surface area contributed by atoms with Gasteiger partial charge in [-0.15, -0.1) is 0 Å². The molecule has 0 radical (unpaired) electrons. The number of amides is 2. The standard InChI is InChI=1S/C22H16N6O7/c1-11-2-4-12(5-3-11)23-22(33)26-15-10-27(7-6-18(15)29)16-8-13-14(9-17(16)28(34)35)25-20(30)19(24-13)21(31)32/h2-10H,1H3,(H,25,30)(H,31,32)(H2,23,26,33). The highest BCUT2D eigenvalue weighted by Gasteiger charge is 2.20. The topological polar surface area (TPSA) is 189 Å². The number of nitro benzene ring substituents is 1. The zero-order chi connectivity index (χ0) is 25.3. The van der Waals surface area contributed by atoms with Gasteiger partial charge in [-0.05, 0) is 25.1 Å². The predicted molar refractivity (Wildman–Crippen MR) is 125 cm³/mol. The van der Waals surface area contributed by atoms with E-state index < -0.39 is 39.3 Å². The van der Waals surface area contributed by atoms with Gasteiger partial charge < -0.3 is 25.3 Å². The van der Waals surface area contributed by atoms with Crippen LogP contribution >= 0.6 is 0 Å². The maximum atomic E-state index is 12.4. The van der Waals surface area contributed by atoms with Crippen molar-refractivity contribution in [1.82, 2.24) is 14.5 Å². The molecular formula is C22H16N6O7. The lowest BCUT2D eigenvalue weighted by Crippen LogP contribution is -2.24. The number of carboxylic acid groups (broad SMARTS) is 1. The minimum Gasteiger partial charge on any atom is -0.476 e. The number of hydrogen-bond acceptors (Lipinski definition) is 7. The lowest BCUT2D eigenvalue weighted by Gasteiger charge is -2.12. The number of fused-ring (bicyclic) bond motifs is 1. The van der Waals surface area contributed by atoms with E-state index in [1.54, 1.807) is 24.3 Å². The molecular weight excluding hydrogens is 460 g/mol. The highest BCUT2D eigenvalue weighted by Crippen LogP contribution is 2.27. The molecule has 176 valence electrons. The van der Waals surface area contributed by atoms with Crippen molar-refractivity contribution in [3.05, 3.63) is 96.8 Å². The van der Waals surface area contributed by atoms with Gasteiger partial charge in [-0.1, -0.05) is 17.7 Å². The first-order chi connectivity index (χ1) is 16.6. The molecule has 0 saturated heterocycles. The molecule has 13 nitrogen and oxygen atoms in total. The van der Waals surface area contributed by atoms with Crippen molar-refractivity contribution in [3.63, 3.8) is 0 Å². The highest BCUT2D eigenvalue weighted by molar-refractivity contribution is 5.99. The summed E-state index contributed by atoms with van der Waals surface area (Å²) in [4.78, 5) is 64.9. The summed E-state index contributed by atoms with van der Waals surface area (Å²) in [6, 6.07) is 9.55. The van der Waals surface area contributed by atoms with Gasteiger partial charge in [-0.25, -0.2) is 14.6 Å². The van der Waals surface area contributed by atoms with E-state index in [0.717, 1.165) is 17.7 Å². The van der Waals surface area contributed by atoms with Crippen molar-refractivity contribution < 1.29 is 19.6 Å². The zero-order valence-corrected chi connectivity index (χ0v) is 17.9. The first kappa shape index (κ1) is 22.8. The van der Waals surface area contributed by atoms with E-state index in [9.17, 15) is 29.3 Å². The Morgan fingerprint density at radius 2 is 1.83 bits per heavy atom. The normalized spacial score (nSPS) is 10.7. The Morgan fingerprint density at radius 3 is 2.49 bits per heavy atom. The highest BCUT2D eigenvalue weighted by atomic mass is 16.6. The van der Waals surface area contributed by atoms with E-state index in [2.05, 4.69) is 20.6 Å². The lowest BCUT2D eigenvalue weighted by molar-refractivity contribution is -0.384. The van der Waals surface area contributed by atoms with E-state index in [4.69, 9.17) is 5.11 Å². The van der Waals surface area contributed by atoms with Gasteiger partial charge in [0, 0.05) is 30.2 Å². The number of anilines is 2. The van der Waals surface area contributed by atoms with Crippen LogP contribution in [0.25, 0.3) is 16.7 Å². The molecule has 2 amide bonds. The number of urea groups is 1. The molecule has 0 aliphatic rings. The minimum absolute atomic E-state index is 0.0343. The molecule has 0 bridgehead atoms. The summed E-state index contributed by atoms with van der Waals surface area (Å²) < 4.78 is 1.20. The van der Waals surface area contributed by atoms with Crippen molar-refractivity contribution in [2.24, 2.45) is 0 Å². The fourth-order valence-electron chi connectivity index (χ4n) is 3.26. The Balaban J connectivity index is 1.75. The summed E-state index contributed by atoms with van der Waals surface area (Å²) in [5, 5.41) is 25.8. The van der Waals surface area contributed by atoms with E-state index in [0.29, 0.717) is 5.69 Å². The van der Waals surface area contributed by atoms with E-state index in [-0.39, 0.29) is 22.4 Å². The summed E-state index contributed by atoms with van der Waals surface area (Å²) in [6.07, 6.45) is 2.42. The van der Waals surface area contributed by atoms with Crippen LogP contribution in [0.5, 0.6) is 0 Å². The number of carbonyl (C=O) groups is 2. The maximum absolute atomic E-state index is 12.4. The summed E-state index contributed by atoms with van der Waals surface area (Å²) in [5.74, 6) is -1.57. The predicted octanol–water partition coefficient (Wildman–Crippen LogP) is 2.63. The Labute approximate surface area is 194 Å². The molecule has 2 aromatic heterocycles. The van der Waals surface area contributed by atoms with Crippen LogP contribution in [0.3, 0.4) is 0 Å². The van der Waals surface area contributed by atoms with Crippen LogP contribution in [0, 0.1) is 17.0 Å². The molecule has 4 rings (SSSR count). The van der Waals surface area contributed by atoms with Crippen molar-refractivity contribution >= 4 is 40.1 Å². The van der Waals surface area contributed by atoms with Crippen LogP contribution < -0.4 is 21.6 Å². The van der Waals surface area contributed by atoms with Gasteiger partial charge in [0.1, 0.15) is 11.4 Å². The van der Waals surface area contributed by atoms with Crippen LogP contribution in [0.4, 0.5) is 21.9 Å². The number of aromatic carboxylic acids is 1. The van der Waals surface area contributed by atoms with Crippen LogP contribution in [-0.2, 0) is 0 Å². The number of nitrogens with zero attached hydrogens (tertiary/aromatic N) is 3. The molecule has 2 heterocycles. The Kier molecular flexibility index (Phi) is 5.81. The fraction of sp³-hybridized carbons (Fsp3) is 0.0455. The largest absolute Gasteiger partial charge is 0.476 e. The summed E-state index contributed by atoms with van der Waals surface area (Å²) in [5.41, 5.74) is -1.67. The monoisotopic (exact) mass is 476 g/mol. The number of nitrogens with one attached hydrogen (secondary N) is 3. The molecule has 0 fully saturated rings. The van der Waals surface area contributed by atoms with Gasteiger partial charge >= 0.3 is 12.0 Å². The molecule has 0 aliphatic carbocycles. The molecule has 13 heteroatoms. The number of aryl methyl sites for hydroxylation is 1. The average Bonchev–Trinajstić information content (AvgIpc) is 2.80. The second kappa shape index (κ2) is 8.90. The Bertz CT molecular complexity index is 1620. The molecule has 4 aromatic rings. The fourth-order valence-corrected chi connectivity index (χ4v) is 3.26. The average molecular weight is 476 g/mol. The third-order valence-corrected chi connectivity index (χ3v) is 4.94. The first-order valence-electron chi connectivity index (χ1n) is 9.95. The number of aromatic nitrogens is 3. The van der Waals surface area contributed by atoms with Crippen molar-refractivity contribution in [1.29, 1.82) is 0 Å². The molecule has 0 spiro atoms. The number of nitro groups is 1. The second-order valence-electron chi connectivity index (χ2n) is 7.41. The van der Waals surface area contributed by atoms with E-state index in [1.165, 1.54) is 23.0 Å². The van der Waals surface area contributed by atoms with Crippen LogP contribution in [0.2, 0.25) is 0 Å². The molecule has 0 unspecified atom stereocenters. The third-order valence-electron chi connectivity index (χ3n) is 4.94. The van der Waals surface area contributed by atoms with Crippen LogP contribution in [0.1, 0.15) is 16.1 Å². The maximum Gasteiger partial charge on any atom is 0.360 e. The number of hydrogen-bond donors (Lipinski definition) is 4. The SMILES string of the molecule is Cc1ccc(NC(=O)Nc2cn(-c3cc4nc(C(=O)O)c(=O)[nH]c4cc3[N+](=O)[O-])ccc2=O)cc1. The van der Waals surface area contributed by atoms with Crippen molar-refractivity contribution in [3.8, 4) is 5.69 Å². The van der Waals surface area contributed by atoms with Gasteiger partial charge in [0.25, 0.3) is 11.2 Å². The molecule has 0 aliphatic heterocycles. The van der Waals surface area contributed by atoms with Gasteiger partial charge in [-0.3, -0.25) is 19.7 Å². The minimum atomic E-state index is -1.57. The third kappa shape index (κ3) is 4.73. The van der Waals surface area contributed by atoms with E-state index in [1.807, 2.05) is 6.92 Å². The number of carbonyl (C=O) groups excluding carboxylic acids is 1. The molecule has 35 heavy (non-hydrogen) atoms. The number of rotatable bonds is 5. The van der Waals surface area contributed by atoms with E-state index >= 15 is 0 Å². The van der Waals surface area contributed by atoms with Gasteiger partial charge in [-0.2, -0.15) is 0 Å². The first-order valence-corrected chi connectivity index (χ1v) is 9.95. The lowest BCUT2D eigenvalue weighted by atomic mass is 10.2. The molecule has 0 saturated carbocycles. The number of carboxylic acids is 1. The quantitative estimate of drug-likeness (QED) is 0.250. The van der Waals surface area contributed by atoms with Gasteiger partial charge in [0.2, 0.25) is 11.1 Å². The number of H-pyrrole nitrogens is 1. The molecule has 0 atom stereocenters. The summed E-state index contributed by atoms with van der Waals surface area (Å²) >= 11 is 0. The van der Waals surface area contributed by atoms with Crippen LogP contribution in [-0.4, -0.2) is 36.6 Å².